The van der Waals surface area contributed by atoms with Gasteiger partial charge in [0.1, 0.15) is 0 Å². The predicted octanol–water partition coefficient (Wildman–Crippen LogP) is 4.27. The number of hydrogen-bond donors (Lipinski definition) is 0. The normalized spacial score (nSPS) is 17.1. The van der Waals surface area contributed by atoms with Crippen molar-refractivity contribution in [2.45, 2.75) is 19.8 Å². The summed E-state index contributed by atoms with van der Waals surface area (Å²) in [5.74, 6) is 0.129. The molecule has 0 spiro atoms. The molecule has 2 heterocycles. The van der Waals surface area contributed by atoms with Gasteiger partial charge in [0.15, 0.2) is 0 Å². The molecule has 0 aliphatic carbocycles. The lowest BCUT2D eigenvalue weighted by atomic mass is 10.1. The summed E-state index contributed by atoms with van der Waals surface area (Å²) >= 11 is 12.5. The van der Waals surface area contributed by atoms with Gasteiger partial charge in [0.25, 0.3) is 0 Å². The van der Waals surface area contributed by atoms with Crippen LogP contribution in [0.15, 0.2) is 36.4 Å². The fourth-order valence-corrected chi connectivity index (χ4v) is 4.59. The lowest BCUT2D eigenvalue weighted by molar-refractivity contribution is -0.116. The first-order chi connectivity index (χ1) is 13.5. The minimum absolute atomic E-state index is 0.129. The molecule has 0 atom stereocenters. The molecule has 6 heteroatoms. The van der Waals surface area contributed by atoms with Crippen molar-refractivity contribution in [1.82, 2.24) is 4.90 Å². The molecular formula is C22H25Cl2N3O. The number of benzene rings is 2. The van der Waals surface area contributed by atoms with Crippen molar-refractivity contribution < 1.29 is 4.79 Å². The molecule has 0 radical (unpaired) electrons. The molecule has 4 rings (SSSR count). The van der Waals surface area contributed by atoms with Gasteiger partial charge in [-0.25, -0.2) is 0 Å². The highest BCUT2D eigenvalue weighted by Crippen LogP contribution is 2.33. The van der Waals surface area contributed by atoms with Gasteiger partial charge in [-0.15, -0.1) is 0 Å². The van der Waals surface area contributed by atoms with Crippen LogP contribution >= 0.6 is 23.2 Å². The van der Waals surface area contributed by atoms with Crippen LogP contribution in [0, 0.1) is 0 Å². The maximum atomic E-state index is 11.7. The number of halogens is 2. The SMILES string of the molecule is CC(=O)N1CCc2cc(CCN3CCN(c4cccc(Cl)c4Cl)CC3)ccc21. The van der Waals surface area contributed by atoms with E-state index in [0.717, 1.165) is 63.5 Å². The summed E-state index contributed by atoms with van der Waals surface area (Å²) in [6, 6.07) is 12.4. The van der Waals surface area contributed by atoms with E-state index in [9.17, 15) is 4.79 Å². The number of anilines is 2. The summed E-state index contributed by atoms with van der Waals surface area (Å²) in [5, 5.41) is 1.26. The molecule has 1 fully saturated rings. The van der Waals surface area contributed by atoms with E-state index in [1.54, 1.807) is 6.92 Å². The second kappa shape index (κ2) is 8.32. The van der Waals surface area contributed by atoms with Gasteiger partial charge in [-0.2, -0.15) is 0 Å². The van der Waals surface area contributed by atoms with Gasteiger partial charge < -0.3 is 9.80 Å². The molecule has 2 aromatic rings. The standard InChI is InChI=1S/C22H25Cl2N3O/c1-16(28)27-10-8-18-15-17(5-6-20(18)27)7-9-25-11-13-26(14-12-25)21-4-2-3-19(23)22(21)24/h2-6,15H,7-14H2,1H3. The van der Waals surface area contributed by atoms with Crippen molar-refractivity contribution in [3.05, 3.63) is 57.6 Å². The lowest BCUT2D eigenvalue weighted by Gasteiger charge is -2.36. The number of fused-ring (bicyclic) bond motifs is 1. The summed E-state index contributed by atoms with van der Waals surface area (Å²) in [6.45, 7) is 7.45. The molecule has 2 aliphatic rings. The van der Waals surface area contributed by atoms with Crippen molar-refractivity contribution in [1.29, 1.82) is 0 Å². The summed E-state index contributed by atoms with van der Waals surface area (Å²) in [7, 11) is 0. The Bertz CT molecular complexity index is 878. The lowest BCUT2D eigenvalue weighted by Crippen LogP contribution is -2.47. The first-order valence-electron chi connectivity index (χ1n) is 9.84. The smallest absolute Gasteiger partial charge is 0.223 e. The minimum Gasteiger partial charge on any atom is -0.368 e. The first-order valence-corrected chi connectivity index (χ1v) is 10.6. The number of carbonyl (C=O) groups excluding carboxylic acids is 1. The van der Waals surface area contributed by atoms with Gasteiger partial charge >= 0.3 is 0 Å². The second-order valence-electron chi connectivity index (χ2n) is 7.54. The number of hydrogen-bond acceptors (Lipinski definition) is 3. The van der Waals surface area contributed by atoms with Gasteiger partial charge in [0.05, 0.1) is 15.7 Å². The summed E-state index contributed by atoms with van der Waals surface area (Å²) in [4.78, 5) is 18.4. The van der Waals surface area contributed by atoms with Crippen molar-refractivity contribution >= 4 is 40.5 Å². The Kier molecular flexibility index (Phi) is 5.81. The van der Waals surface area contributed by atoms with Crippen LogP contribution < -0.4 is 9.80 Å². The van der Waals surface area contributed by atoms with Crippen LogP contribution in [0.3, 0.4) is 0 Å². The van der Waals surface area contributed by atoms with Crippen LogP contribution in [0.25, 0.3) is 0 Å². The molecular weight excluding hydrogens is 393 g/mol. The van der Waals surface area contributed by atoms with E-state index in [-0.39, 0.29) is 5.91 Å². The van der Waals surface area contributed by atoms with Crippen molar-refractivity contribution in [3.8, 4) is 0 Å². The fraction of sp³-hybridized carbons (Fsp3) is 0.409. The van der Waals surface area contributed by atoms with E-state index in [1.807, 2.05) is 23.1 Å². The zero-order chi connectivity index (χ0) is 19.7. The van der Waals surface area contributed by atoms with Crippen molar-refractivity contribution in [3.63, 3.8) is 0 Å². The fourth-order valence-electron chi connectivity index (χ4n) is 4.17. The summed E-state index contributed by atoms with van der Waals surface area (Å²) < 4.78 is 0. The van der Waals surface area contributed by atoms with E-state index in [0.29, 0.717) is 10.0 Å². The highest BCUT2D eigenvalue weighted by molar-refractivity contribution is 6.43. The van der Waals surface area contributed by atoms with Crippen LogP contribution in [-0.4, -0.2) is 50.1 Å². The van der Waals surface area contributed by atoms with E-state index < -0.39 is 0 Å². The maximum Gasteiger partial charge on any atom is 0.223 e. The number of amides is 1. The average molecular weight is 418 g/mol. The Morgan fingerprint density at radius 3 is 2.54 bits per heavy atom. The number of nitrogens with zero attached hydrogens (tertiary/aromatic N) is 3. The molecule has 0 unspecified atom stereocenters. The molecule has 1 amide bonds. The molecule has 0 N–H and O–H groups in total. The van der Waals surface area contributed by atoms with Gasteiger partial charge in [-0.1, -0.05) is 41.4 Å². The van der Waals surface area contributed by atoms with Gasteiger partial charge in [-0.3, -0.25) is 9.69 Å². The van der Waals surface area contributed by atoms with Crippen molar-refractivity contribution in [2.75, 3.05) is 49.1 Å². The van der Waals surface area contributed by atoms with Crippen molar-refractivity contribution in [2.24, 2.45) is 0 Å². The maximum absolute atomic E-state index is 11.7. The Hall–Kier alpha value is -1.75. The third-order valence-corrected chi connectivity index (χ3v) is 6.59. The number of rotatable bonds is 4. The molecule has 2 aromatic carbocycles. The quantitative estimate of drug-likeness (QED) is 0.742. The Morgan fingerprint density at radius 2 is 1.79 bits per heavy atom. The van der Waals surface area contributed by atoms with Crippen LogP contribution in [0.1, 0.15) is 18.1 Å². The zero-order valence-corrected chi connectivity index (χ0v) is 17.6. The molecule has 0 aromatic heterocycles. The van der Waals surface area contributed by atoms with Gasteiger partial charge in [0.2, 0.25) is 5.91 Å². The molecule has 0 saturated carbocycles. The van der Waals surface area contributed by atoms with E-state index in [1.165, 1.54) is 11.1 Å². The molecule has 148 valence electrons. The van der Waals surface area contributed by atoms with E-state index in [4.69, 9.17) is 23.2 Å². The zero-order valence-electron chi connectivity index (χ0n) is 16.1. The summed E-state index contributed by atoms with van der Waals surface area (Å²) in [5.41, 5.74) is 4.77. The summed E-state index contributed by atoms with van der Waals surface area (Å²) in [6.07, 6.45) is 1.99. The van der Waals surface area contributed by atoms with Crippen LogP contribution in [-0.2, 0) is 17.6 Å². The highest BCUT2D eigenvalue weighted by atomic mass is 35.5. The topological polar surface area (TPSA) is 26.8 Å². The van der Waals surface area contributed by atoms with Crippen LogP contribution in [0.5, 0.6) is 0 Å². The van der Waals surface area contributed by atoms with Crippen LogP contribution in [0.4, 0.5) is 11.4 Å². The van der Waals surface area contributed by atoms with Gasteiger partial charge in [0, 0.05) is 51.9 Å². The molecule has 28 heavy (non-hydrogen) atoms. The third kappa shape index (κ3) is 4.00. The molecule has 0 bridgehead atoms. The largest absolute Gasteiger partial charge is 0.368 e. The first kappa shape index (κ1) is 19.6. The Morgan fingerprint density at radius 1 is 1.00 bits per heavy atom. The molecule has 1 saturated heterocycles. The predicted molar refractivity (Wildman–Crippen MR) is 117 cm³/mol. The monoisotopic (exact) mass is 417 g/mol. The molecule has 4 nitrogen and oxygen atoms in total. The van der Waals surface area contributed by atoms with Gasteiger partial charge in [-0.05, 0) is 42.2 Å². The Balaban J connectivity index is 1.31. The highest BCUT2D eigenvalue weighted by Gasteiger charge is 2.23. The third-order valence-electron chi connectivity index (χ3n) is 5.78. The number of carbonyl (C=O) groups is 1. The average Bonchev–Trinajstić information content (AvgIpc) is 3.12. The second-order valence-corrected chi connectivity index (χ2v) is 8.32. The van der Waals surface area contributed by atoms with E-state index >= 15 is 0 Å². The van der Waals surface area contributed by atoms with Crippen LogP contribution in [0.2, 0.25) is 10.0 Å². The van der Waals surface area contributed by atoms with E-state index in [2.05, 4.69) is 28.0 Å². The molecule has 2 aliphatic heterocycles. The number of piperazine rings is 1. The Labute approximate surface area is 176 Å². The minimum atomic E-state index is 0.129.